The van der Waals surface area contributed by atoms with Crippen molar-refractivity contribution in [2.24, 2.45) is 5.92 Å². The molecular weight excluding hydrogens is 424 g/mol. The summed E-state index contributed by atoms with van der Waals surface area (Å²) in [6.45, 7) is 0. The predicted octanol–water partition coefficient (Wildman–Crippen LogP) is 4.47. The van der Waals surface area contributed by atoms with E-state index in [0.29, 0.717) is 11.4 Å². The first-order valence-corrected chi connectivity index (χ1v) is 11.5. The Morgan fingerprint density at radius 1 is 0.875 bits per heavy atom. The van der Waals surface area contributed by atoms with E-state index < -0.39 is 18.1 Å². The third kappa shape index (κ3) is 3.34. The molecule has 2 aliphatic rings. The SMILES string of the molecule is COc1cccc(N2C(=O)C3ON(c4ccccc4)C(c4ccc(SC)cc4)C3C2=O)c1. The fourth-order valence-corrected chi connectivity index (χ4v) is 4.77. The molecule has 3 aromatic rings. The summed E-state index contributed by atoms with van der Waals surface area (Å²) >= 11 is 1.65. The zero-order chi connectivity index (χ0) is 22.2. The van der Waals surface area contributed by atoms with Crippen molar-refractivity contribution < 1.29 is 19.2 Å². The second-order valence-electron chi connectivity index (χ2n) is 7.64. The molecule has 162 valence electrons. The zero-order valence-electron chi connectivity index (χ0n) is 17.7. The molecule has 0 spiro atoms. The Balaban J connectivity index is 1.57. The number of anilines is 2. The number of imide groups is 1. The van der Waals surface area contributed by atoms with E-state index in [0.717, 1.165) is 16.1 Å². The number of hydroxylamine groups is 1. The maximum atomic E-state index is 13.6. The number of thioether (sulfide) groups is 1. The number of rotatable bonds is 5. The first kappa shape index (κ1) is 20.6. The van der Waals surface area contributed by atoms with Crippen LogP contribution in [-0.4, -0.2) is 31.3 Å². The van der Waals surface area contributed by atoms with Crippen molar-refractivity contribution in [1.29, 1.82) is 0 Å². The summed E-state index contributed by atoms with van der Waals surface area (Å²) in [5.74, 6) is -0.715. The monoisotopic (exact) mass is 446 g/mol. The van der Waals surface area contributed by atoms with Crippen LogP contribution in [0.25, 0.3) is 0 Å². The normalized spacial score (nSPS) is 22.4. The van der Waals surface area contributed by atoms with E-state index in [1.54, 1.807) is 48.2 Å². The highest BCUT2D eigenvalue weighted by Gasteiger charge is 2.60. The topological polar surface area (TPSA) is 59.1 Å². The summed E-state index contributed by atoms with van der Waals surface area (Å²) in [5.41, 5.74) is 2.21. The molecule has 7 heteroatoms. The molecule has 3 unspecified atom stereocenters. The Morgan fingerprint density at radius 3 is 2.28 bits per heavy atom. The van der Waals surface area contributed by atoms with Crippen molar-refractivity contribution in [2.45, 2.75) is 17.0 Å². The highest BCUT2D eigenvalue weighted by Crippen LogP contribution is 2.47. The van der Waals surface area contributed by atoms with Gasteiger partial charge in [0, 0.05) is 11.0 Å². The number of carbonyl (C=O) groups excluding carboxylic acids is 2. The summed E-state index contributed by atoms with van der Waals surface area (Å²) < 4.78 is 5.28. The van der Waals surface area contributed by atoms with Crippen LogP contribution >= 0.6 is 11.8 Å². The molecule has 0 radical (unpaired) electrons. The predicted molar refractivity (Wildman–Crippen MR) is 124 cm³/mol. The smallest absolute Gasteiger partial charge is 0.266 e. The summed E-state index contributed by atoms with van der Waals surface area (Å²) in [5, 5.41) is 1.71. The lowest BCUT2D eigenvalue weighted by molar-refractivity contribution is -0.126. The number of carbonyl (C=O) groups is 2. The van der Waals surface area contributed by atoms with Gasteiger partial charge in [-0.05, 0) is 48.2 Å². The molecule has 32 heavy (non-hydrogen) atoms. The van der Waals surface area contributed by atoms with Gasteiger partial charge in [-0.25, -0.2) is 9.96 Å². The molecule has 6 nitrogen and oxygen atoms in total. The molecule has 3 aromatic carbocycles. The van der Waals surface area contributed by atoms with Crippen molar-refractivity contribution in [3.05, 3.63) is 84.4 Å². The average molecular weight is 447 g/mol. The number of hydrogen-bond acceptors (Lipinski definition) is 6. The van der Waals surface area contributed by atoms with Gasteiger partial charge in [-0.2, -0.15) is 0 Å². The Labute approximate surface area is 190 Å². The van der Waals surface area contributed by atoms with Crippen LogP contribution in [0.2, 0.25) is 0 Å². The van der Waals surface area contributed by atoms with Crippen LogP contribution < -0.4 is 14.7 Å². The van der Waals surface area contributed by atoms with Gasteiger partial charge in [0.2, 0.25) is 5.91 Å². The van der Waals surface area contributed by atoms with Crippen LogP contribution in [-0.2, 0) is 14.4 Å². The van der Waals surface area contributed by atoms with Crippen LogP contribution in [0.4, 0.5) is 11.4 Å². The van der Waals surface area contributed by atoms with E-state index >= 15 is 0 Å². The first-order valence-electron chi connectivity index (χ1n) is 10.3. The first-order chi connectivity index (χ1) is 15.6. The highest BCUT2D eigenvalue weighted by molar-refractivity contribution is 7.98. The molecule has 2 aliphatic heterocycles. The van der Waals surface area contributed by atoms with Gasteiger partial charge in [0.25, 0.3) is 5.91 Å². The van der Waals surface area contributed by atoms with Crippen molar-refractivity contribution >= 4 is 35.0 Å². The summed E-state index contributed by atoms with van der Waals surface area (Å²) in [6.07, 6.45) is 1.13. The standard InChI is InChI=1S/C25H22N2O4S/c1-30-19-10-6-9-18(15-19)26-24(28)21-22(16-11-13-20(32-2)14-12-16)27(31-23(21)25(26)29)17-7-4-3-5-8-17/h3-15,21-23H,1-2H3. The average Bonchev–Trinajstić information content (AvgIpc) is 3.35. The van der Waals surface area contributed by atoms with E-state index in [-0.39, 0.29) is 11.8 Å². The quantitative estimate of drug-likeness (QED) is 0.426. The molecule has 2 amide bonds. The van der Waals surface area contributed by atoms with Gasteiger partial charge in [-0.15, -0.1) is 11.8 Å². The largest absolute Gasteiger partial charge is 0.497 e. The molecule has 2 heterocycles. The minimum absolute atomic E-state index is 0.273. The van der Waals surface area contributed by atoms with Gasteiger partial charge in [0.15, 0.2) is 6.10 Å². The van der Waals surface area contributed by atoms with E-state index in [4.69, 9.17) is 9.57 Å². The number of amides is 2. The molecule has 0 bridgehead atoms. The Morgan fingerprint density at radius 2 is 1.59 bits per heavy atom. The van der Waals surface area contributed by atoms with Crippen LogP contribution in [0.5, 0.6) is 5.75 Å². The van der Waals surface area contributed by atoms with E-state index in [9.17, 15) is 9.59 Å². The van der Waals surface area contributed by atoms with E-state index in [1.165, 1.54) is 4.90 Å². The molecule has 2 fully saturated rings. The van der Waals surface area contributed by atoms with Gasteiger partial charge in [0.1, 0.15) is 11.7 Å². The number of fused-ring (bicyclic) bond motifs is 1. The molecular formula is C25H22N2O4S. The van der Waals surface area contributed by atoms with Gasteiger partial charge in [-0.1, -0.05) is 36.4 Å². The second kappa shape index (κ2) is 8.33. The van der Waals surface area contributed by atoms with Crippen LogP contribution in [0, 0.1) is 5.92 Å². The molecule has 0 aliphatic carbocycles. The van der Waals surface area contributed by atoms with Crippen molar-refractivity contribution in [2.75, 3.05) is 23.3 Å². The lowest BCUT2D eigenvalue weighted by Crippen LogP contribution is -2.37. The fourth-order valence-electron chi connectivity index (χ4n) is 4.36. The fraction of sp³-hybridized carbons (Fsp3) is 0.200. The molecule has 0 N–H and O–H groups in total. The maximum Gasteiger partial charge on any atom is 0.266 e. The minimum atomic E-state index is -0.890. The Bertz CT molecular complexity index is 1150. The number of benzene rings is 3. The number of nitrogens with zero attached hydrogens (tertiary/aromatic N) is 2. The van der Waals surface area contributed by atoms with E-state index in [1.807, 2.05) is 60.9 Å². The van der Waals surface area contributed by atoms with Gasteiger partial charge in [0.05, 0.1) is 24.5 Å². The maximum absolute atomic E-state index is 13.6. The molecule has 5 rings (SSSR count). The number of methoxy groups -OCH3 is 1. The number of ether oxygens (including phenoxy) is 1. The molecule has 3 atom stereocenters. The van der Waals surface area contributed by atoms with Crippen molar-refractivity contribution in [3.63, 3.8) is 0 Å². The third-order valence-corrected chi connectivity index (χ3v) is 6.64. The van der Waals surface area contributed by atoms with E-state index in [2.05, 4.69) is 0 Å². The summed E-state index contributed by atoms with van der Waals surface area (Å²) in [6, 6.07) is 24.2. The van der Waals surface area contributed by atoms with Crippen molar-refractivity contribution in [3.8, 4) is 5.75 Å². The lowest BCUT2D eigenvalue weighted by Gasteiger charge is -2.29. The van der Waals surface area contributed by atoms with Gasteiger partial charge < -0.3 is 4.74 Å². The van der Waals surface area contributed by atoms with Gasteiger partial charge >= 0.3 is 0 Å². The lowest BCUT2D eigenvalue weighted by atomic mass is 9.90. The number of hydrogen-bond donors (Lipinski definition) is 0. The molecule has 0 aromatic heterocycles. The number of para-hydroxylation sites is 1. The second-order valence-corrected chi connectivity index (χ2v) is 8.52. The molecule has 0 saturated carbocycles. The summed E-state index contributed by atoms with van der Waals surface area (Å²) in [4.78, 5) is 35.5. The third-order valence-electron chi connectivity index (χ3n) is 5.89. The zero-order valence-corrected chi connectivity index (χ0v) is 18.5. The summed E-state index contributed by atoms with van der Waals surface area (Å²) in [7, 11) is 1.55. The minimum Gasteiger partial charge on any atom is -0.497 e. The Kier molecular flexibility index (Phi) is 5.36. The highest BCUT2D eigenvalue weighted by atomic mass is 32.2. The Hall–Kier alpha value is -3.29. The van der Waals surface area contributed by atoms with Crippen LogP contribution in [0.1, 0.15) is 11.6 Å². The van der Waals surface area contributed by atoms with Crippen LogP contribution in [0.15, 0.2) is 83.8 Å². The molecule has 2 saturated heterocycles. The van der Waals surface area contributed by atoms with Crippen LogP contribution in [0.3, 0.4) is 0 Å². The van der Waals surface area contributed by atoms with Crippen molar-refractivity contribution in [1.82, 2.24) is 0 Å². The van der Waals surface area contributed by atoms with Gasteiger partial charge in [-0.3, -0.25) is 14.4 Å².